The van der Waals surface area contributed by atoms with Crippen LogP contribution in [0.2, 0.25) is 0 Å². The fourth-order valence-corrected chi connectivity index (χ4v) is 3.88. The number of aromatic nitrogens is 1. The summed E-state index contributed by atoms with van der Waals surface area (Å²) in [5.41, 5.74) is 2.62. The van der Waals surface area contributed by atoms with E-state index in [1.165, 1.54) is 55.2 Å². The lowest BCUT2D eigenvalue weighted by atomic mass is 9.97. The first-order valence-electron chi connectivity index (χ1n) is 7.92. The third-order valence-corrected chi connectivity index (χ3v) is 5.03. The highest BCUT2D eigenvalue weighted by Gasteiger charge is 2.31. The Balaban J connectivity index is 1.37. The molecule has 0 spiro atoms. The Morgan fingerprint density at radius 2 is 2.20 bits per heavy atom. The van der Waals surface area contributed by atoms with Crippen molar-refractivity contribution in [2.75, 3.05) is 13.1 Å². The molecule has 3 heterocycles. The molecule has 3 heteroatoms. The zero-order valence-electron chi connectivity index (χ0n) is 11.9. The molecule has 4 rings (SSSR count). The van der Waals surface area contributed by atoms with E-state index in [1.54, 1.807) is 0 Å². The first-order chi connectivity index (χ1) is 9.88. The molecule has 2 unspecified atom stereocenters. The van der Waals surface area contributed by atoms with E-state index in [0.29, 0.717) is 6.04 Å². The second kappa shape index (κ2) is 5.23. The summed E-state index contributed by atoms with van der Waals surface area (Å²) < 4.78 is 0. The zero-order valence-corrected chi connectivity index (χ0v) is 11.9. The monoisotopic (exact) mass is 269 g/mol. The van der Waals surface area contributed by atoms with Crippen LogP contribution >= 0.6 is 0 Å². The predicted octanol–water partition coefficient (Wildman–Crippen LogP) is 2.88. The van der Waals surface area contributed by atoms with Crippen LogP contribution in [0.15, 0.2) is 30.5 Å². The van der Waals surface area contributed by atoms with Crippen LogP contribution in [0.5, 0.6) is 0 Å². The third kappa shape index (κ3) is 2.36. The molecule has 20 heavy (non-hydrogen) atoms. The second-order valence-electron chi connectivity index (χ2n) is 6.33. The number of aromatic amines is 1. The number of benzene rings is 1. The summed E-state index contributed by atoms with van der Waals surface area (Å²) in [6.07, 6.45) is 7.47. The van der Waals surface area contributed by atoms with Crippen molar-refractivity contribution in [3.05, 3.63) is 36.0 Å². The highest BCUT2D eigenvalue weighted by atomic mass is 15.2. The largest absolute Gasteiger partial charge is 0.361 e. The van der Waals surface area contributed by atoms with Crippen molar-refractivity contribution in [2.24, 2.45) is 0 Å². The zero-order chi connectivity index (χ0) is 13.4. The van der Waals surface area contributed by atoms with Gasteiger partial charge in [0.15, 0.2) is 0 Å². The normalized spacial score (nSPS) is 27.0. The van der Waals surface area contributed by atoms with Gasteiger partial charge in [-0.15, -0.1) is 0 Å². The Labute approximate surface area is 120 Å². The highest BCUT2D eigenvalue weighted by molar-refractivity contribution is 5.79. The number of hydrogen-bond donors (Lipinski definition) is 2. The van der Waals surface area contributed by atoms with Gasteiger partial charge in [-0.3, -0.25) is 0 Å². The summed E-state index contributed by atoms with van der Waals surface area (Å²) in [6.45, 7) is 3.62. The van der Waals surface area contributed by atoms with Crippen molar-refractivity contribution < 1.29 is 0 Å². The molecule has 2 aliphatic rings. The fourth-order valence-electron chi connectivity index (χ4n) is 3.88. The number of nitrogens with zero attached hydrogens (tertiary/aromatic N) is 1. The van der Waals surface area contributed by atoms with Crippen molar-refractivity contribution in [2.45, 2.75) is 44.3 Å². The lowest BCUT2D eigenvalue weighted by molar-refractivity contribution is 0.166. The molecule has 0 bridgehead atoms. The summed E-state index contributed by atoms with van der Waals surface area (Å²) in [5, 5.41) is 5.09. The standard InChI is InChI=1S/C17H23N3/c1-2-16-11-15(6-9-20(16)8-1)19-12-13-3-4-17-14(10-13)5-7-18-17/h3-5,7,10,15-16,18-19H,1-2,6,8-9,11-12H2. The maximum absolute atomic E-state index is 3.77. The van der Waals surface area contributed by atoms with Crippen LogP contribution in [0.3, 0.4) is 0 Å². The molecule has 1 aromatic carbocycles. The van der Waals surface area contributed by atoms with Gasteiger partial charge in [-0.1, -0.05) is 6.07 Å². The first-order valence-corrected chi connectivity index (χ1v) is 7.92. The molecule has 2 aliphatic heterocycles. The number of nitrogens with one attached hydrogen (secondary N) is 2. The molecular formula is C17H23N3. The van der Waals surface area contributed by atoms with Gasteiger partial charge >= 0.3 is 0 Å². The van der Waals surface area contributed by atoms with E-state index in [0.717, 1.165) is 12.6 Å². The molecule has 2 aromatic rings. The van der Waals surface area contributed by atoms with E-state index in [9.17, 15) is 0 Å². The maximum Gasteiger partial charge on any atom is 0.0454 e. The first kappa shape index (κ1) is 12.4. The second-order valence-corrected chi connectivity index (χ2v) is 6.33. The van der Waals surface area contributed by atoms with Crippen molar-refractivity contribution in [1.82, 2.24) is 15.2 Å². The van der Waals surface area contributed by atoms with E-state index in [1.807, 2.05) is 6.20 Å². The topological polar surface area (TPSA) is 31.1 Å². The number of fused-ring (bicyclic) bond motifs is 2. The summed E-state index contributed by atoms with van der Waals surface area (Å²) in [7, 11) is 0. The van der Waals surface area contributed by atoms with Crippen LogP contribution in [0.1, 0.15) is 31.2 Å². The molecule has 0 saturated carbocycles. The van der Waals surface area contributed by atoms with Gasteiger partial charge < -0.3 is 15.2 Å². The number of rotatable bonds is 3. The smallest absolute Gasteiger partial charge is 0.0454 e. The van der Waals surface area contributed by atoms with E-state index < -0.39 is 0 Å². The minimum absolute atomic E-state index is 0.705. The van der Waals surface area contributed by atoms with Crippen LogP contribution in [-0.2, 0) is 6.54 Å². The predicted molar refractivity (Wildman–Crippen MR) is 82.8 cm³/mol. The van der Waals surface area contributed by atoms with Gasteiger partial charge in [0.05, 0.1) is 0 Å². The summed E-state index contributed by atoms with van der Waals surface area (Å²) in [4.78, 5) is 5.94. The van der Waals surface area contributed by atoms with Gasteiger partial charge in [0.1, 0.15) is 0 Å². The quantitative estimate of drug-likeness (QED) is 0.897. The Morgan fingerprint density at radius 3 is 3.20 bits per heavy atom. The number of hydrogen-bond acceptors (Lipinski definition) is 2. The molecule has 3 nitrogen and oxygen atoms in total. The Hall–Kier alpha value is -1.32. The average molecular weight is 269 g/mol. The molecule has 2 N–H and O–H groups in total. The molecule has 0 radical (unpaired) electrons. The van der Waals surface area contributed by atoms with Gasteiger partial charge in [-0.05, 0) is 67.9 Å². The van der Waals surface area contributed by atoms with E-state index in [-0.39, 0.29) is 0 Å². The maximum atomic E-state index is 3.77. The Morgan fingerprint density at radius 1 is 1.20 bits per heavy atom. The van der Waals surface area contributed by atoms with Gasteiger partial charge in [0.2, 0.25) is 0 Å². The molecule has 0 aliphatic carbocycles. The third-order valence-electron chi connectivity index (χ3n) is 5.03. The Kier molecular flexibility index (Phi) is 3.25. The van der Waals surface area contributed by atoms with Gasteiger partial charge in [-0.25, -0.2) is 0 Å². The van der Waals surface area contributed by atoms with Crippen LogP contribution in [0, 0.1) is 0 Å². The minimum Gasteiger partial charge on any atom is -0.361 e. The van der Waals surface area contributed by atoms with Crippen LogP contribution < -0.4 is 5.32 Å². The van der Waals surface area contributed by atoms with Crippen LogP contribution in [-0.4, -0.2) is 35.1 Å². The molecule has 1 aromatic heterocycles. The lowest BCUT2D eigenvalue weighted by Gasteiger charge is -2.35. The number of piperidine rings is 1. The van der Waals surface area contributed by atoms with Crippen molar-refractivity contribution >= 4 is 10.9 Å². The number of H-pyrrole nitrogens is 1. The van der Waals surface area contributed by atoms with Gasteiger partial charge in [0, 0.05) is 30.3 Å². The molecular weight excluding hydrogens is 246 g/mol. The van der Waals surface area contributed by atoms with Gasteiger partial charge in [-0.2, -0.15) is 0 Å². The summed E-state index contributed by atoms with van der Waals surface area (Å²) in [5.74, 6) is 0. The minimum atomic E-state index is 0.705. The average Bonchev–Trinajstić information content (AvgIpc) is 3.12. The van der Waals surface area contributed by atoms with Gasteiger partial charge in [0.25, 0.3) is 0 Å². The van der Waals surface area contributed by atoms with Crippen LogP contribution in [0.4, 0.5) is 0 Å². The van der Waals surface area contributed by atoms with E-state index in [4.69, 9.17) is 0 Å². The Bertz CT molecular complexity index is 589. The fraction of sp³-hybridized carbons (Fsp3) is 0.529. The van der Waals surface area contributed by atoms with Crippen molar-refractivity contribution in [3.8, 4) is 0 Å². The summed E-state index contributed by atoms with van der Waals surface area (Å²) >= 11 is 0. The van der Waals surface area contributed by atoms with E-state index >= 15 is 0 Å². The van der Waals surface area contributed by atoms with Crippen LogP contribution in [0.25, 0.3) is 10.9 Å². The summed E-state index contributed by atoms with van der Waals surface area (Å²) in [6, 6.07) is 10.4. The molecule has 2 fully saturated rings. The molecule has 2 saturated heterocycles. The molecule has 106 valence electrons. The van der Waals surface area contributed by atoms with Crippen molar-refractivity contribution in [3.63, 3.8) is 0 Å². The van der Waals surface area contributed by atoms with Crippen molar-refractivity contribution in [1.29, 1.82) is 0 Å². The van der Waals surface area contributed by atoms with E-state index in [2.05, 4.69) is 39.5 Å². The highest BCUT2D eigenvalue weighted by Crippen LogP contribution is 2.27. The molecule has 0 amide bonds. The SMILES string of the molecule is c1cc2cc(CNC3CCN4CCCC4C3)ccc2[nH]1. The molecule has 2 atom stereocenters. The lowest BCUT2D eigenvalue weighted by Crippen LogP contribution is -2.45.